The Hall–Kier alpha value is -2.99. The van der Waals surface area contributed by atoms with E-state index in [0.717, 1.165) is 11.1 Å². The van der Waals surface area contributed by atoms with Crippen molar-refractivity contribution in [3.05, 3.63) is 60.4 Å². The number of hydrogen-bond donors (Lipinski definition) is 2. The number of amides is 1. The van der Waals surface area contributed by atoms with Crippen molar-refractivity contribution < 1.29 is 23.8 Å². The van der Waals surface area contributed by atoms with Crippen LogP contribution in [0.4, 0.5) is 0 Å². The summed E-state index contributed by atoms with van der Waals surface area (Å²) in [4.78, 5) is 12.0. The Kier molecular flexibility index (Phi) is 5.66. The highest BCUT2D eigenvalue weighted by molar-refractivity contribution is 5.78. The van der Waals surface area contributed by atoms with Gasteiger partial charge >= 0.3 is 0 Å². The van der Waals surface area contributed by atoms with Gasteiger partial charge in [-0.1, -0.05) is 18.2 Å². The first kappa shape index (κ1) is 18.8. The second-order valence-electron chi connectivity index (χ2n) is 6.39. The highest BCUT2D eigenvalue weighted by Crippen LogP contribution is 2.27. The molecule has 1 heterocycles. The first-order valence-electron chi connectivity index (χ1n) is 8.82. The molecule has 1 unspecified atom stereocenters. The lowest BCUT2D eigenvalue weighted by molar-refractivity contribution is -0.124. The van der Waals surface area contributed by atoms with E-state index >= 15 is 0 Å². The molecular formula is C21H23NO5. The third kappa shape index (κ3) is 4.80. The van der Waals surface area contributed by atoms with Gasteiger partial charge in [-0.05, 0) is 50.2 Å². The van der Waals surface area contributed by atoms with E-state index in [2.05, 4.69) is 5.32 Å². The molecule has 1 atom stereocenters. The molecule has 1 amide bonds. The lowest BCUT2D eigenvalue weighted by Gasteiger charge is -2.21. The monoisotopic (exact) mass is 369 g/mol. The lowest BCUT2D eigenvalue weighted by Crippen LogP contribution is -2.40. The molecule has 142 valence electrons. The van der Waals surface area contributed by atoms with Crippen molar-refractivity contribution in [1.29, 1.82) is 0 Å². The predicted octanol–water partition coefficient (Wildman–Crippen LogP) is 3.23. The van der Waals surface area contributed by atoms with E-state index < -0.39 is 5.60 Å². The molecule has 1 aromatic heterocycles. The highest BCUT2D eigenvalue weighted by Gasteiger charge is 2.28. The Labute approximate surface area is 157 Å². The van der Waals surface area contributed by atoms with Crippen LogP contribution in [-0.4, -0.2) is 30.8 Å². The number of carbonyl (C=O) groups excluding carboxylic acids is 1. The minimum Gasteiger partial charge on any atom is -0.494 e. The molecule has 0 aliphatic heterocycles. The fourth-order valence-corrected chi connectivity index (χ4v) is 2.60. The smallest absolute Gasteiger partial charge is 0.258 e. The summed E-state index contributed by atoms with van der Waals surface area (Å²) in [6.45, 7) is 3.96. The van der Waals surface area contributed by atoms with Gasteiger partial charge in [0.25, 0.3) is 5.91 Å². The number of para-hydroxylation sites is 1. The lowest BCUT2D eigenvalue weighted by atomic mass is 10.0. The zero-order valence-electron chi connectivity index (χ0n) is 15.4. The van der Waals surface area contributed by atoms with Crippen molar-refractivity contribution in [1.82, 2.24) is 5.32 Å². The molecule has 0 bridgehead atoms. The van der Waals surface area contributed by atoms with E-state index in [4.69, 9.17) is 13.9 Å². The number of carbonyl (C=O) groups is 1. The van der Waals surface area contributed by atoms with Crippen molar-refractivity contribution in [2.75, 3.05) is 19.8 Å². The van der Waals surface area contributed by atoms with Crippen molar-refractivity contribution in [3.63, 3.8) is 0 Å². The van der Waals surface area contributed by atoms with Gasteiger partial charge in [0.05, 0.1) is 13.2 Å². The van der Waals surface area contributed by atoms with E-state index in [1.54, 1.807) is 37.3 Å². The summed E-state index contributed by atoms with van der Waals surface area (Å²) in [5, 5.41) is 14.2. The van der Waals surface area contributed by atoms with Gasteiger partial charge in [-0.15, -0.1) is 0 Å². The van der Waals surface area contributed by atoms with Gasteiger partial charge in [0.15, 0.2) is 6.61 Å². The minimum absolute atomic E-state index is 0.0122. The number of hydrogen-bond acceptors (Lipinski definition) is 5. The van der Waals surface area contributed by atoms with Crippen molar-refractivity contribution in [2.45, 2.75) is 19.4 Å². The molecular weight excluding hydrogens is 346 g/mol. The maximum atomic E-state index is 12.0. The summed E-state index contributed by atoms with van der Waals surface area (Å²) in [5.74, 6) is 1.38. The average molecular weight is 369 g/mol. The zero-order valence-corrected chi connectivity index (χ0v) is 15.4. The summed E-state index contributed by atoms with van der Waals surface area (Å²) in [7, 11) is 0. The average Bonchev–Trinajstić information content (AvgIpc) is 3.11. The predicted molar refractivity (Wildman–Crippen MR) is 102 cm³/mol. The standard InChI is InChI=1S/C21H23NO5/c1-3-25-16-8-10-17(11-9-16)26-13-20(23)22-14-21(2,24)19-12-15-6-4-5-7-18(15)27-19/h4-12,24H,3,13-14H2,1-2H3,(H,22,23). The Morgan fingerprint density at radius 3 is 2.44 bits per heavy atom. The van der Waals surface area contributed by atoms with Crippen LogP contribution < -0.4 is 14.8 Å². The molecule has 0 fully saturated rings. The number of rotatable bonds is 8. The Balaban J connectivity index is 1.51. The Morgan fingerprint density at radius 1 is 1.11 bits per heavy atom. The van der Waals surface area contributed by atoms with Gasteiger partial charge < -0.3 is 24.3 Å². The quantitative estimate of drug-likeness (QED) is 0.637. The molecule has 0 aliphatic carbocycles. The number of aliphatic hydroxyl groups is 1. The number of benzene rings is 2. The van der Waals surface area contributed by atoms with Crippen LogP contribution in [0.1, 0.15) is 19.6 Å². The number of ether oxygens (including phenoxy) is 2. The van der Waals surface area contributed by atoms with Crippen LogP contribution in [0.3, 0.4) is 0 Å². The molecule has 2 N–H and O–H groups in total. The van der Waals surface area contributed by atoms with Gasteiger partial charge in [0, 0.05) is 5.39 Å². The van der Waals surface area contributed by atoms with Gasteiger partial charge in [-0.25, -0.2) is 0 Å². The summed E-state index contributed by atoms with van der Waals surface area (Å²) < 4.78 is 16.5. The molecule has 0 saturated carbocycles. The zero-order chi connectivity index (χ0) is 19.3. The van der Waals surface area contributed by atoms with Gasteiger partial charge in [-0.3, -0.25) is 4.79 Å². The first-order valence-corrected chi connectivity index (χ1v) is 8.82. The summed E-state index contributed by atoms with van der Waals surface area (Å²) >= 11 is 0. The molecule has 6 nitrogen and oxygen atoms in total. The molecule has 3 rings (SSSR count). The van der Waals surface area contributed by atoms with E-state index in [1.165, 1.54) is 0 Å². The Bertz CT molecular complexity index is 865. The first-order chi connectivity index (χ1) is 13.0. The molecule has 0 saturated heterocycles. The van der Waals surface area contributed by atoms with Gasteiger partial charge in [-0.2, -0.15) is 0 Å². The van der Waals surface area contributed by atoms with Gasteiger partial charge in [0.2, 0.25) is 0 Å². The van der Waals surface area contributed by atoms with Crippen LogP contribution in [0.25, 0.3) is 11.0 Å². The largest absolute Gasteiger partial charge is 0.494 e. The molecule has 6 heteroatoms. The molecule has 27 heavy (non-hydrogen) atoms. The normalized spacial score (nSPS) is 13.1. The van der Waals surface area contributed by atoms with Crippen LogP contribution in [0.2, 0.25) is 0 Å². The van der Waals surface area contributed by atoms with E-state index in [9.17, 15) is 9.90 Å². The molecule has 0 aliphatic rings. The molecule has 2 aromatic carbocycles. The third-order valence-corrected chi connectivity index (χ3v) is 4.09. The van der Waals surface area contributed by atoms with Crippen LogP contribution in [0.5, 0.6) is 11.5 Å². The topological polar surface area (TPSA) is 80.9 Å². The third-order valence-electron chi connectivity index (χ3n) is 4.09. The maximum Gasteiger partial charge on any atom is 0.258 e. The minimum atomic E-state index is -1.33. The van der Waals surface area contributed by atoms with E-state index in [1.807, 2.05) is 31.2 Å². The highest BCUT2D eigenvalue weighted by atomic mass is 16.5. The summed E-state index contributed by atoms with van der Waals surface area (Å²) in [5.41, 5.74) is -0.633. The van der Waals surface area contributed by atoms with Crippen LogP contribution in [0, 0.1) is 0 Å². The fourth-order valence-electron chi connectivity index (χ4n) is 2.60. The second-order valence-corrected chi connectivity index (χ2v) is 6.39. The summed E-state index contributed by atoms with van der Waals surface area (Å²) in [6, 6.07) is 16.3. The van der Waals surface area contributed by atoms with Crippen LogP contribution in [0.15, 0.2) is 59.0 Å². The second kappa shape index (κ2) is 8.14. The molecule has 3 aromatic rings. The molecule has 0 radical (unpaired) electrons. The van der Waals surface area contributed by atoms with Crippen molar-refractivity contribution in [3.8, 4) is 11.5 Å². The maximum absolute atomic E-state index is 12.0. The van der Waals surface area contributed by atoms with Gasteiger partial charge in [0.1, 0.15) is 28.4 Å². The van der Waals surface area contributed by atoms with E-state index in [0.29, 0.717) is 23.7 Å². The van der Waals surface area contributed by atoms with Crippen LogP contribution in [-0.2, 0) is 10.4 Å². The van der Waals surface area contributed by atoms with Crippen molar-refractivity contribution in [2.24, 2.45) is 0 Å². The summed E-state index contributed by atoms with van der Waals surface area (Å²) in [6.07, 6.45) is 0. The molecule has 0 spiro atoms. The van der Waals surface area contributed by atoms with Crippen molar-refractivity contribution >= 4 is 16.9 Å². The van der Waals surface area contributed by atoms with E-state index in [-0.39, 0.29) is 19.1 Å². The number of furan rings is 1. The number of fused-ring (bicyclic) bond motifs is 1. The number of nitrogens with one attached hydrogen (secondary N) is 1. The fraction of sp³-hybridized carbons (Fsp3) is 0.286. The van der Waals surface area contributed by atoms with Crippen LogP contribution >= 0.6 is 0 Å². The SMILES string of the molecule is CCOc1ccc(OCC(=O)NCC(C)(O)c2cc3ccccc3o2)cc1. The Morgan fingerprint density at radius 2 is 1.78 bits per heavy atom.